The third kappa shape index (κ3) is 3.40. The van der Waals surface area contributed by atoms with E-state index in [0.717, 1.165) is 22.8 Å². The van der Waals surface area contributed by atoms with Gasteiger partial charge in [0, 0.05) is 5.56 Å². The first-order valence-corrected chi connectivity index (χ1v) is 8.06. The minimum absolute atomic E-state index is 0.0295. The van der Waals surface area contributed by atoms with Crippen LogP contribution in [0.2, 0.25) is 0 Å². The highest BCUT2D eigenvalue weighted by Gasteiger charge is 2.19. The summed E-state index contributed by atoms with van der Waals surface area (Å²) in [5.41, 5.74) is 2.16. The maximum absolute atomic E-state index is 14.4. The monoisotopic (exact) mass is 356 g/mol. The Labute approximate surface area is 149 Å². The van der Waals surface area contributed by atoms with E-state index in [2.05, 4.69) is 0 Å². The summed E-state index contributed by atoms with van der Waals surface area (Å²) < 4.78 is 56.3. The van der Waals surface area contributed by atoms with Gasteiger partial charge in [-0.3, -0.25) is 0 Å². The van der Waals surface area contributed by atoms with Crippen molar-refractivity contribution in [2.45, 2.75) is 13.8 Å². The SMILES string of the molecule is Cc1ccc(-c2ccc(/C(F)=C(\F)c3ccc(C)c(F)c3F)cc2)cc1. The Hall–Kier alpha value is -2.88. The normalized spacial score (nSPS) is 12.1. The van der Waals surface area contributed by atoms with Crippen LogP contribution in [0, 0.1) is 25.5 Å². The van der Waals surface area contributed by atoms with E-state index in [1.54, 1.807) is 12.1 Å². The van der Waals surface area contributed by atoms with Crippen molar-refractivity contribution in [1.82, 2.24) is 0 Å². The predicted molar refractivity (Wildman–Crippen MR) is 96.7 cm³/mol. The fourth-order valence-electron chi connectivity index (χ4n) is 2.62. The van der Waals surface area contributed by atoms with Crippen LogP contribution in [-0.2, 0) is 0 Å². The van der Waals surface area contributed by atoms with Gasteiger partial charge in [0.1, 0.15) is 0 Å². The molecule has 0 N–H and O–H groups in total. The molecule has 0 bridgehead atoms. The number of aryl methyl sites for hydroxylation is 2. The summed E-state index contributed by atoms with van der Waals surface area (Å²) in [6.45, 7) is 3.33. The van der Waals surface area contributed by atoms with Crippen LogP contribution in [0.4, 0.5) is 17.6 Å². The van der Waals surface area contributed by atoms with Crippen LogP contribution in [0.15, 0.2) is 60.7 Å². The quantitative estimate of drug-likeness (QED) is 0.350. The number of hydrogen-bond acceptors (Lipinski definition) is 0. The second kappa shape index (κ2) is 7.16. The Morgan fingerprint density at radius 3 is 1.73 bits per heavy atom. The number of hydrogen-bond donors (Lipinski definition) is 0. The van der Waals surface area contributed by atoms with Crippen LogP contribution in [-0.4, -0.2) is 0 Å². The van der Waals surface area contributed by atoms with Crippen molar-refractivity contribution in [1.29, 1.82) is 0 Å². The van der Waals surface area contributed by atoms with Crippen LogP contribution in [0.25, 0.3) is 22.8 Å². The second-order valence-corrected chi connectivity index (χ2v) is 6.13. The van der Waals surface area contributed by atoms with Crippen molar-refractivity contribution in [3.63, 3.8) is 0 Å². The van der Waals surface area contributed by atoms with E-state index < -0.39 is 28.9 Å². The van der Waals surface area contributed by atoms with Crippen LogP contribution >= 0.6 is 0 Å². The van der Waals surface area contributed by atoms with Gasteiger partial charge in [-0.15, -0.1) is 0 Å². The smallest absolute Gasteiger partial charge is 0.169 e. The Balaban J connectivity index is 1.96. The lowest BCUT2D eigenvalue weighted by molar-refractivity contribution is 0.497. The highest BCUT2D eigenvalue weighted by Crippen LogP contribution is 2.32. The van der Waals surface area contributed by atoms with Crippen molar-refractivity contribution in [3.05, 3.63) is 94.6 Å². The van der Waals surface area contributed by atoms with Crippen molar-refractivity contribution < 1.29 is 17.6 Å². The molecule has 0 aliphatic heterocycles. The van der Waals surface area contributed by atoms with Crippen molar-refractivity contribution in [2.75, 3.05) is 0 Å². The molecule has 132 valence electrons. The molecule has 0 aliphatic rings. The molecule has 0 unspecified atom stereocenters. The first-order valence-electron chi connectivity index (χ1n) is 8.06. The van der Waals surface area contributed by atoms with Gasteiger partial charge < -0.3 is 0 Å². The third-order valence-corrected chi connectivity index (χ3v) is 4.23. The number of benzene rings is 3. The van der Waals surface area contributed by atoms with Gasteiger partial charge in [0.2, 0.25) is 0 Å². The van der Waals surface area contributed by atoms with Gasteiger partial charge in [-0.05, 0) is 36.6 Å². The average Bonchev–Trinajstić information content (AvgIpc) is 2.66. The molecular formula is C22H16F4. The van der Waals surface area contributed by atoms with Crippen LogP contribution in [0.1, 0.15) is 22.3 Å². The molecule has 0 fully saturated rings. The standard InChI is InChI=1S/C22H16F4/c1-13-3-6-15(7-4-13)16-8-10-17(11-9-16)20(24)22(26)18-12-5-14(2)19(23)21(18)25/h3-12H,1-2H3/b22-20+. The molecule has 0 nitrogen and oxygen atoms in total. The third-order valence-electron chi connectivity index (χ3n) is 4.23. The Bertz CT molecular complexity index is 968. The van der Waals surface area contributed by atoms with Crippen LogP contribution in [0.5, 0.6) is 0 Å². The van der Waals surface area contributed by atoms with E-state index in [-0.39, 0.29) is 11.1 Å². The molecule has 4 heteroatoms. The summed E-state index contributed by atoms with van der Waals surface area (Å²) in [4.78, 5) is 0. The van der Waals surface area contributed by atoms with Gasteiger partial charge in [0.05, 0.1) is 5.56 Å². The van der Waals surface area contributed by atoms with Crippen molar-refractivity contribution in [2.24, 2.45) is 0 Å². The maximum atomic E-state index is 14.4. The van der Waals surface area contributed by atoms with Gasteiger partial charge >= 0.3 is 0 Å². The van der Waals surface area contributed by atoms with E-state index in [1.807, 2.05) is 31.2 Å². The molecule has 0 aliphatic carbocycles. The number of halogens is 4. The molecular weight excluding hydrogens is 340 g/mol. The summed E-state index contributed by atoms with van der Waals surface area (Å²) in [5.74, 6) is -5.24. The molecule has 0 radical (unpaired) electrons. The summed E-state index contributed by atoms with van der Waals surface area (Å²) in [5, 5.41) is 0. The van der Waals surface area contributed by atoms with Gasteiger partial charge in [-0.25, -0.2) is 17.6 Å². The molecule has 0 amide bonds. The van der Waals surface area contributed by atoms with E-state index in [1.165, 1.54) is 25.1 Å². The Kier molecular flexibility index (Phi) is 4.94. The minimum atomic E-state index is -1.43. The zero-order chi connectivity index (χ0) is 18.8. The molecule has 26 heavy (non-hydrogen) atoms. The Morgan fingerprint density at radius 2 is 1.15 bits per heavy atom. The molecule has 0 aromatic heterocycles. The second-order valence-electron chi connectivity index (χ2n) is 6.13. The maximum Gasteiger partial charge on any atom is 0.169 e. The van der Waals surface area contributed by atoms with Crippen molar-refractivity contribution >= 4 is 11.7 Å². The first kappa shape index (κ1) is 17.9. The summed E-state index contributed by atoms with van der Waals surface area (Å²) in [6, 6.07) is 16.1. The zero-order valence-corrected chi connectivity index (χ0v) is 14.3. The highest BCUT2D eigenvalue weighted by molar-refractivity contribution is 5.84. The first-order chi connectivity index (χ1) is 12.4. The van der Waals surface area contributed by atoms with E-state index in [9.17, 15) is 17.6 Å². The van der Waals surface area contributed by atoms with Crippen LogP contribution < -0.4 is 0 Å². The zero-order valence-electron chi connectivity index (χ0n) is 14.3. The summed E-state index contributed by atoms with van der Waals surface area (Å²) in [7, 11) is 0. The summed E-state index contributed by atoms with van der Waals surface area (Å²) >= 11 is 0. The molecule has 0 spiro atoms. The lowest BCUT2D eigenvalue weighted by Gasteiger charge is -2.07. The van der Waals surface area contributed by atoms with Crippen LogP contribution in [0.3, 0.4) is 0 Å². The fraction of sp³-hybridized carbons (Fsp3) is 0.0909. The summed E-state index contributed by atoms with van der Waals surface area (Å²) in [6.07, 6.45) is 0. The van der Waals surface area contributed by atoms with Crippen molar-refractivity contribution in [3.8, 4) is 11.1 Å². The molecule has 3 aromatic rings. The lowest BCUT2D eigenvalue weighted by atomic mass is 10.0. The molecule has 3 rings (SSSR count). The largest absolute Gasteiger partial charge is 0.203 e. The Morgan fingerprint density at radius 1 is 0.615 bits per heavy atom. The van der Waals surface area contributed by atoms with Gasteiger partial charge in [-0.2, -0.15) is 0 Å². The number of rotatable bonds is 3. The van der Waals surface area contributed by atoms with E-state index in [4.69, 9.17) is 0 Å². The fourth-order valence-corrected chi connectivity index (χ4v) is 2.62. The lowest BCUT2D eigenvalue weighted by Crippen LogP contribution is -1.95. The van der Waals surface area contributed by atoms with Gasteiger partial charge in [-0.1, -0.05) is 60.2 Å². The van der Waals surface area contributed by atoms with Gasteiger partial charge in [0.25, 0.3) is 0 Å². The predicted octanol–water partition coefficient (Wildman–Crippen LogP) is 7.01. The molecule has 3 aromatic carbocycles. The topological polar surface area (TPSA) is 0 Å². The molecule has 0 saturated carbocycles. The molecule has 0 saturated heterocycles. The van der Waals surface area contributed by atoms with E-state index >= 15 is 0 Å². The molecule has 0 atom stereocenters. The minimum Gasteiger partial charge on any atom is -0.203 e. The molecule has 0 heterocycles. The van der Waals surface area contributed by atoms with Gasteiger partial charge in [0.15, 0.2) is 23.3 Å². The average molecular weight is 356 g/mol. The van der Waals surface area contributed by atoms with E-state index in [0.29, 0.717) is 0 Å². The highest BCUT2D eigenvalue weighted by atomic mass is 19.2.